The monoisotopic (exact) mass is 421 g/mol. The Morgan fingerprint density at radius 1 is 0.935 bits per heavy atom. The molecule has 1 amide bonds. The Labute approximate surface area is 182 Å². The van der Waals surface area contributed by atoms with E-state index in [1.807, 2.05) is 56.3 Å². The molecule has 1 N–H and O–H groups in total. The molecule has 3 aromatic rings. The lowest BCUT2D eigenvalue weighted by molar-refractivity contribution is -0.123. The van der Waals surface area contributed by atoms with Gasteiger partial charge in [0.05, 0.1) is 19.3 Å². The Balaban J connectivity index is 1.67. The molecule has 0 radical (unpaired) electrons. The van der Waals surface area contributed by atoms with Crippen LogP contribution in [0.3, 0.4) is 0 Å². The summed E-state index contributed by atoms with van der Waals surface area (Å²) in [5.74, 6) is 0.315. The minimum atomic E-state index is -0.977. The molecule has 0 saturated carbocycles. The van der Waals surface area contributed by atoms with Gasteiger partial charge in [0.1, 0.15) is 0 Å². The van der Waals surface area contributed by atoms with Gasteiger partial charge in [-0.1, -0.05) is 50.2 Å². The van der Waals surface area contributed by atoms with Crippen LogP contribution in [0.5, 0.6) is 11.5 Å². The number of fused-ring (bicyclic) bond motifs is 1. The lowest BCUT2D eigenvalue weighted by Gasteiger charge is -2.16. The number of benzene rings is 3. The summed E-state index contributed by atoms with van der Waals surface area (Å²) in [6.45, 7) is 6.16. The minimum absolute atomic E-state index is 0.276. The molecule has 0 unspecified atom stereocenters. The SMILES string of the molecule is COc1cc(C(=O)O[C@H](C)C(=O)Nc2cccc3ccccc23)ccc1OCC(C)C. The highest BCUT2D eigenvalue weighted by Crippen LogP contribution is 2.29. The number of ether oxygens (including phenoxy) is 3. The Hall–Kier alpha value is -3.54. The number of rotatable bonds is 8. The van der Waals surface area contributed by atoms with Crippen LogP contribution in [0.15, 0.2) is 60.7 Å². The molecule has 0 saturated heterocycles. The second-order valence-electron chi connectivity index (χ2n) is 7.63. The Kier molecular flexibility index (Phi) is 7.13. The molecule has 1 atom stereocenters. The van der Waals surface area contributed by atoms with Gasteiger partial charge < -0.3 is 19.5 Å². The lowest BCUT2D eigenvalue weighted by atomic mass is 10.1. The smallest absolute Gasteiger partial charge is 0.339 e. The van der Waals surface area contributed by atoms with Crippen LogP contribution in [0.1, 0.15) is 31.1 Å². The number of carbonyl (C=O) groups is 2. The zero-order chi connectivity index (χ0) is 22.4. The molecule has 3 aromatic carbocycles. The van der Waals surface area contributed by atoms with Gasteiger partial charge in [-0.2, -0.15) is 0 Å². The van der Waals surface area contributed by atoms with Crippen molar-refractivity contribution in [2.24, 2.45) is 5.92 Å². The molecule has 0 aromatic heterocycles. The largest absolute Gasteiger partial charge is 0.493 e. The van der Waals surface area contributed by atoms with Crippen LogP contribution in [0, 0.1) is 5.92 Å². The van der Waals surface area contributed by atoms with Crippen molar-refractivity contribution in [1.82, 2.24) is 0 Å². The van der Waals surface area contributed by atoms with E-state index < -0.39 is 18.0 Å². The number of amides is 1. The summed E-state index contributed by atoms with van der Waals surface area (Å²) in [5, 5.41) is 4.77. The summed E-state index contributed by atoms with van der Waals surface area (Å²) < 4.78 is 16.4. The first-order valence-electron chi connectivity index (χ1n) is 10.2. The maximum Gasteiger partial charge on any atom is 0.339 e. The van der Waals surface area contributed by atoms with Gasteiger partial charge in [0.15, 0.2) is 17.6 Å². The highest BCUT2D eigenvalue weighted by atomic mass is 16.5. The van der Waals surface area contributed by atoms with E-state index in [-0.39, 0.29) is 5.56 Å². The highest BCUT2D eigenvalue weighted by molar-refractivity contribution is 6.04. The predicted molar refractivity (Wildman–Crippen MR) is 121 cm³/mol. The first-order chi connectivity index (χ1) is 14.9. The molecule has 0 spiro atoms. The lowest BCUT2D eigenvalue weighted by Crippen LogP contribution is -2.30. The average molecular weight is 421 g/mol. The first-order valence-corrected chi connectivity index (χ1v) is 10.2. The first kappa shape index (κ1) is 22.2. The molecule has 3 rings (SSSR count). The van der Waals surface area contributed by atoms with E-state index >= 15 is 0 Å². The van der Waals surface area contributed by atoms with E-state index in [0.29, 0.717) is 29.7 Å². The third-order valence-electron chi connectivity index (χ3n) is 4.67. The summed E-state index contributed by atoms with van der Waals surface area (Å²) in [7, 11) is 1.51. The van der Waals surface area contributed by atoms with E-state index in [1.54, 1.807) is 18.2 Å². The molecule has 6 heteroatoms. The maximum atomic E-state index is 12.6. The van der Waals surface area contributed by atoms with Crippen LogP contribution in [0.4, 0.5) is 5.69 Å². The minimum Gasteiger partial charge on any atom is -0.493 e. The Morgan fingerprint density at radius 3 is 2.42 bits per heavy atom. The zero-order valence-corrected chi connectivity index (χ0v) is 18.2. The topological polar surface area (TPSA) is 73.9 Å². The molecule has 6 nitrogen and oxygen atoms in total. The number of nitrogens with one attached hydrogen (secondary N) is 1. The molecule has 0 fully saturated rings. The predicted octanol–water partition coefficient (Wildman–Crippen LogP) is 5.07. The van der Waals surface area contributed by atoms with Crippen molar-refractivity contribution in [2.45, 2.75) is 26.9 Å². The van der Waals surface area contributed by atoms with Gasteiger partial charge in [0.2, 0.25) is 0 Å². The van der Waals surface area contributed by atoms with Crippen molar-refractivity contribution in [3.8, 4) is 11.5 Å². The van der Waals surface area contributed by atoms with Gasteiger partial charge in [-0.15, -0.1) is 0 Å². The summed E-state index contributed by atoms with van der Waals surface area (Å²) in [6, 6.07) is 18.2. The summed E-state index contributed by atoms with van der Waals surface area (Å²) >= 11 is 0. The van der Waals surface area contributed by atoms with Gasteiger partial charge >= 0.3 is 5.97 Å². The Morgan fingerprint density at radius 2 is 1.68 bits per heavy atom. The molecular formula is C25H27NO5. The van der Waals surface area contributed by atoms with Crippen LogP contribution >= 0.6 is 0 Å². The third-order valence-corrected chi connectivity index (χ3v) is 4.67. The molecular weight excluding hydrogens is 394 g/mol. The number of esters is 1. The summed E-state index contributed by atoms with van der Waals surface area (Å²) in [6.07, 6.45) is -0.977. The summed E-state index contributed by atoms with van der Waals surface area (Å²) in [5.41, 5.74) is 0.942. The quantitative estimate of drug-likeness (QED) is 0.514. The standard InChI is InChI=1S/C25H27NO5/c1-16(2)15-30-22-13-12-19(14-23(22)29-4)25(28)31-17(3)24(27)26-21-11-7-9-18-8-5-6-10-20(18)21/h5-14,16-17H,15H2,1-4H3,(H,26,27)/t17-/m1/s1. The van der Waals surface area contributed by atoms with Crippen LogP contribution in [0.2, 0.25) is 0 Å². The number of methoxy groups -OCH3 is 1. The highest BCUT2D eigenvalue weighted by Gasteiger charge is 2.21. The average Bonchev–Trinajstić information content (AvgIpc) is 2.77. The van der Waals surface area contributed by atoms with Crippen LogP contribution in [-0.4, -0.2) is 31.7 Å². The van der Waals surface area contributed by atoms with Crippen LogP contribution < -0.4 is 14.8 Å². The molecule has 0 aliphatic heterocycles. The van der Waals surface area contributed by atoms with E-state index in [9.17, 15) is 9.59 Å². The van der Waals surface area contributed by atoms with Gasteiger partial charge in [-0.25, -0.2) is 4.79 Å². The maximum absolute atomic E-state index is 12.6. The van der Waals surface area contributed by atoms with Gasteiger partial charge in [0, 0.05) is 11.1 Å². The van der Waals surface area contributed by atoms with Crippen molar-refractivity contribution >= 4 is 28.3 Å². The summed E-state index contributed by atoms with van der Waals surface area (Å²) in [4.78, 5) is 25.2. The van der Waals surface area contributed by atoms with Gasteiger partial charge in [-0.05, 0) is 42.5 Å². The van der Waals surface area contributed by atoms with Gasteiger partial charge in [0.25, 0.3) is 5.91 Å². The fraction of sp³-hybridized carbons (Fsp3) is 0.280. The van der Waals surface area contributed by atoms with Crippen LogP contribution in [-0.2, 0) is 9.53 Å². The molecule has 0 aliphatic carbocycles. The molecule has 0 bridgehead atoms. The molecule has 31 heavy (non-hydrogen) atoms. The van der Waals surface area contributed by atoms with Crippen molar-refractivity contribution in [1.29, 1.82) is 0 Å². The molecule has 162 valence electrons. The van der Waals surface area contributed by atoms with Crippen molar-refractivity contribution < 1.29 is 23.8 Å². The number of hydrogen-bond donors (Lipinski definition) is 1. The number of carbonyl (C=O) groups excluding carboxylic acids is 2. The van der Waals surface area contributed by atoms with E-state index in [4.69, 9.17) is 14.2 Å². The van der Waals surface area contributed by atoms with E-state index in [0.717, 1.165) is 10.8 Å². The third kappa shape index (κ3) is 5.54. The number of hydrogen-bond acceptors (Lipinski definition) is 5. The second kappa shape index (κ2) is 9.98. The van der Waals surface area contributed by atoms with Gasteiger partial charge in [-0.3, -0.25) is 4.79 Å². The van der Waals surface area contributed by atoms with E-state index in [2.05, 4.69) is 5.32 Å². The fourth-order valence-corrected chi connectivity index (χ4v) is 3.02. The molecule has 0 aliphatic rings. The Bertz CT molecular complexity index is 1070. The normalized spacial score (nSPS) is 11.8. The number of anilines is 1. The van der Waals surface area contributed by atoms with E-state index in [1.165, 1.54) is 14.0 Å². The van der Waals surface area contributed by atoms with Crippen molar-refractivity contribution in [2.75, 3.05) is 19.0 Å². The van der Waals surface area contributed by atoms with Crippen molar-refractivity contribution in [3.05, 3.63) is 66.2 Å². The van der Waals surface area contributed by atoms with Crippen LogP contribution in [0.25, 0.3) is 10.8 Å². The molecule has 0 heterocycles. The fourth-order valence-electron chi connectivity index (χ4n) is 3.02. The zero-order valence-electron chi connectivity index (χ0n) is 18.2. The van der Waals surface area contributed by atoms with Crippen molar-refractivity contribution in [3.63, 3.8) is 0 Å². The second-order valence-corrected chi connectivity index (χ2v) is 7.63.